The Hall–Kier alpha value is -1.58. The standard InChI is InChI=1S/C14H13Cl2NO2/c1-2-18-12-5-3-4-6-13(12)19-14-8-10(16)9(15)7-11(14)17/h3-8H,2,17H2,1H3. The summed E-state index contributed by atoms with van der Waals surface area (Å²) < 4.78 is 11.2. The zero-order chi connectivity index (χ0) is 13.8. The van der Waals surface area contributed by atoms with Crippen molar-refractivity contribution < 1.29 is 9.47 Å². The van der Waals surface area contributed by atoms with Gasteiger partial charge in [-0.3, -0.25) is 0 Å². The van der Waals surface area contributed by atoms with E-state index in [1.165, 1.54) is 0 Å². The Labute approximate surface area is 121 Å². The number of hydrogen-bond donors (Lipinski definition) is 1. The van der Waals surface area contributed by atoms with Crippen molar-refractivity contribution in [2.45, 2.75) is 6.92 Å². The van der Waals surface area contributed by atoms with Crippen LogP contribution in [-0.2, 0) is 0 Å². The molecule has 0 spiro atoms. The molecule has 0 aromatic heterocycles. The quantitative estimate of drug-likeness (QED) is 0.827. The van der Waals surface area contributed by atoms with Gasteiger partial charge in [0.2, 0.25) is 0 Å². The molecule has 0 atom stereocenters. The van der Waals surface area contributed by atoms with Gasteiger partial charge in [-0.2, -0.15) is 0 Å². The van der Waals surface area contributed by atoms with Gasteiger partial charge in [-0.05, 0) is 25.1 Å². The van der Waals surface area contributed by atoms with Gasteiger partial charge in [0.25, 0.3) is 0 Å². The van der Waals surface area contributed by atoms with E-state index < -0.39 is 0 Å². The molecule has 0 saturated heterocycles. The Bertz CT molecular complexity index is 588. The highest BCUT2D eigenvalue weighted by Crippen LogP contribution is 2.37. The van der Waals surface area contributed by atoms with Crippen LogP contribution in [0.4, 0.5) is 5.69 Å². The molecule has 0 aliphatic rings. The monoisotopic (exact) mass is 297 g/mol. The summed E-state index contributed by atoms with van der Waals surface area (Å²) in [6, 6.07) is 10.5. The number of ether oxygens (including phenoxy) is 2. The van der Waals surface area contributed by atoms with Crippen LogP contribution in [0.2, 0.25) is 10.0 Å². The first-order valence-corrected chi connectivity index (χ1v) is 6.51. The second-order valence-corrected chi connectivity index (χ2v) is 4.60. The van der Waals surface area contributed by atoms with Crippen molar-refractivity contribution in [3.63, 3.8) is 0 Å². The van der Waals surface area contributed by atoms with E-state index in [0.29, 0.717) is 39.6 Å². The fraction of sp³-hybridized carbons (Fsp3) is 0.143. The average molecular weight is 298 g/mol. The lowest BCUT2D eigenvalue weighted by molar-refractivity contribution is 0.321. The van der Waals surface area contributed by atoms with Gasteiger partial charge in [-0.15, -0.1) is 0 Å². The SMILES string of the molecule is CCOc1ccccc1Oc1cc(Cl)c(Cl)cc1N. The van der Waals surface area contributed by atoms with E-state index in [2.05, 4.69) is 0 Å². The van der Waals surface area contributed by atoms with Crippen LogP contribution < -0.4 is 15.2 Å². The molecule has 2 aromatic rings. The predicted octanol–water partition coefficient (Wildman–Crippen LogP) is 4.77. The van der Waals surface area contributed by atoms with Gasteiger partial charge < -0.3 is 15.2 Å². The fourth-order valence-electron chi connectivity index (χ4n) is 1.56. The van der Waals surface area contributed by atoms with Crippen molar-refractivity contribution >= 4 is 28.9 Å². The Kier molecular flexibility index (Phi) is 4.40. The van der Waals surface area contributed by atoms with Gasteiger partial charge in [-0.1, -0.05) is 35.3 Å². The van der Waals surface area contributed by atoms with Gasteiger partial charge in [0.15, 0.2) is 17.2 Å². The summed E-state index contributed by atoms with van der Waals surface area (Å²) in [5, 5.41) is 0.782. The predicted molar refractivity (Wildman–Crippen MR) is 78.6 cm³/mol. The molecule has 0 amide bonds. The number of benzene rings is 2. The minimum absolute atomic E-state index is 0.389. The van der Waals surface area contributed by atoms with E-state index in [-0.39, 0.29) is 0 Å². The Morgan fingerprint density at radius 1 is 1.00 bits per heavy atom. The Balaban J connectivity index is 2.33. The minimum Gasteiger partial charge on any atom is -0.490 e. The molecular formula is C14H13Cl2NO2. The highest BCUT2D eigenvalue weighted by Gasteiger charge is 2.10. The fourth-order valence-corrected chi connectivity index (χ4v) is 1.89. The van der Waals surface area contributed by atoms with Gasteiger partial charge in [0, 0.05) is 6.07 Å². The lowest BCUT2D eigenvalue weighted by Crippen LogP contribution is -1.97. The summed E-state index contributed by atoms with van der Waals surface area (Å²) in [7, 11) is 0. The molecular weight excluding hydrogens is 285 g/mol. The normalized spacial score (nSPS) is 10.3. The van der Waals surface area contributed by atoms with Crippen LogP contribution in [0.5, 0.6) is 17.2 Å². The summed E-state index contributed by atoms with van der Waals surface area (Å²) in [6.45, 7) is 2.46. The van der Waals surface area contributed by atoms with Crippen LogP contribution in [0.1, 0.15) is 6.92 Å². The van der Waals surface area contributed by atoms with Crippen LogP contribution in [0, 0.1) is 0 Å². The summed E-state index contributed by atoms with van der Waals surface area (Å²) in [4.78, 5) is 0. The third-order valence-electron chi connectivity index (χ3n) is 2.42. The molecule has 2 N–H and O–H groups in total. The van der Waals surface area contributed by atoms with Crippen molar-refractivity contribution in [2.24, 2.45) is 0 Å². The maximum Gasteiger partial charge on any atom is 0.169 e. The van der Waals surface area contributed by atoms with Crippen LogP contribution in [0.15, 0.2) is 36.4 Å². The summed E-state index contributed by atoms with van der Waals surface area (Å²) in [6.07, 6.45) is 0. The summed E-state index contributed by atoms with van der Waals surface area (Å²) >= 11 is 11.8. The molecule has 0 fully saturated rings. The molecule has 5 heteroatoms. The smallest absolute Gasteiger partial charge is 0.169 e. The molecule has 0 bridgehead atoms. The molecule has 0 saturated carbocycles. The molecule has 100 valence electrons. The Morgan fingerprint density at radius 3 is 2.32 bits per heavy atom. The molecule has 2 rings (SSSR count). The number of rotatable bonds is 4. The number of para-hydroxylation sites is 2. The number of anilines is 1. The van der Waals surface area contributed by atoms with E-state index in [1.54, 1.807) is 18.2 Å². The molecule has 0 radical (unpaired) electrons. The van der Waals surface area contributed by atoms with Crippen molar-refractivity contribution in [1.29, 1.82) is 0 Å². The lowest BCUT2D eigenvalue weighted by Gasteiger charge is -2.13. The summed E-state index contributed by atoms with van der Waals surface area (Å²) in [5.41, 5.74) is 6.27. The molecule has 19 heavy (non-hydrogen) atoms. The number of nitrogen functional groups attached to an aromatic ring is 1. The van der Waals surface area contributed by atoms with Gasteiger partial charge >= 0.3 is 0 Å². The number of halogens is 2. The summed E-state index contributed by atoms with van der Waals surface area (Å²) in [5.74, 6) is 1.67. The van der Waals surface area contributed by atoms with E-state index in [9.17, 15) is 0 Å². The minimum atomic E-state index is 0.389. The van der Waals surface area contributed by atoms with E-state index in [0.717, 1.165) is 0 Å². The molecule has 0 unspecified atom stereocenters. The zero-order valence-electron chi connectivity index (χ0n) is 10.3. The third-order valence-corrected chi connectivity index (χ3v) is 3.14. The maximum absolute atomic E-state index is 5.95. The maximum atomic E-state index is 5.95. The molecule has 3 nitrogen and oxygen atoms in total. The van der Waals surface area contributed by atoms with Crippen molar-refractivity contribution in [3.8, 4) is 17.2 Å². The van der Waals surface area contributed by atoms with Crippen LogP contribution >= 0.6 is 23.2 Å². The first-order valence-electron chi connectivity index (χ1n) is 5.76. The number of hydrogen-bond acceptors (Lipinski definition) is 3. The average Bonchev–Trinajstić information content (AvgIpc) is 2.38. The van der Waals surface area contributed by atoms with Crippen LogP contribution in [0.25, 0.3) is 0 Å². The van der Waals surface area contributed by atoms with Crippen molar-refractivity contribution in [2.75, 3.05) is 12.3 Å². The topological polar surface area (TPSA) is 44.5 Å². The first kappa shape index (κ1) is 13.8. The van der Waals surface area contributed by atoms with Gasteiger partial charge in [0.05, 0.1) is 22.3 Å². The zero-order valence-corrected chi connectivity index (χ0v) is 11.8. The number of nitrogens with two attached hydrogens (primary N) is 1. The highest BCUT2D eigenvalue weighted by molar-refractivity contribution is 6.42. The molecule has 0 aliphatic heterocycles. The lowest BCUT2D eigenvalue weighted by atomic mass is 10.3. The first-order chi connectivity index (χ1) is 9.11. The highest BCUT2D eigenvalue weighted by atomic mass is 35.5. The van der Waals surface area contributed by atoms with Gasteiger partial charge in [0.1, 0.15) is 0 Å². The molecule has 0 aliphatic carbocycles. The largest absolute Gasteiger partial charge is 0.490 e. The van der Waals surface area contributed by atoms with E-state index >= 15 is 0 Å². The van der Waals surface area contributed by atoms with E-state index in [1.807, 2.05) is 25.1 Å². The molecule has 0 heterocycles. The van der Waals surface area contributed by atoms with Crippen LogP contribution in [-0.4, -0.2) is 6.61 Å². The molecule has 2 aromatic carbocycles. The van der Waals surface area contributed by atoms with Crippen molar-refractivity contribution in [1.82, 2.24) is 0 Å². The third kappa shape index (κ3) is 3.25. The van der Waals surface area contributed by atoms with Gasteiger partial charge in [-0.25, -0.2) is 0 Å². The Morgan fingerprint density at radius 2 is 1.63 bits per heavy atom. The van der Waals surface area contributed by atoms with Crippen LogP contribution in [0.3, 0.4) is 0 Å². The second-order valence-electron chi connectivity index (χ2n) is 3.79. The van der Waals surface area contributed by atoms with Crippen molar-refractivity contribution in [3.05, 3.63) is 46.4 Å². The second kappa shape index (κ2) is 6.04. The van der Waals surface area contributed by atoms with E-state index in [4.69, 9.17) is 38.4 Å².